The Bertz CT molecular complexity index is 630. The molecule has 1 atom stereocenters. The van der Waals surface area contributed by atoms with E-state index in [9.17, 15) is 0 Å². The maximum absolute atomic E-state index is 4.76. The lowest BCUT2D eigenvalue weighted by Gasteiger charge is -2.24. The van der Waals surface area contributed by atoms with Crippen LogP contribution < -0.4 is 10.6 Å². The summed E-state index contributed by atoms with van der Waals surface area (Å²) in [6.07, 6.45) is 4.49. The van der Waals surface area contributed by atoms with Gasteiger partial charge in [-0.25, -0.2) is 9.97 Å². The summed E-state index contributed by atoms with van der Waals surface area (Å²) in [5, 5.41) is 7.03. The molecule has 0 radical (unpaired) electrons. The molecule has 1 unspecified atom stereocenters. The fourth-order valence-electron chi connectivity index (χ4n) is 2.97. The number of nitrogens with zero attached hydrogens (tertiary/aromatic N) is 2. The van der Waals surface area contributed by atoms with Gasteiger partial charge in [0.05, 0.1) is 0 Å². The van der Waals surface area contributed by atoms with Crippen molar-refractivity contribution in [3.8, 4) is 11.4 Å². The molecule has 1 aromatic carbocycles. The van der Waals surface area contributed by atoms with Crippen LogP contribution in [0.25, 0.3) is 11.4 Å². The lowest BCUT2D eigenvalue weighted by molar-refractivity contribution is 0.479. The van der Waals surface area contributed by atoms with Crippen LogP contribution in [0.2, 0.25) is 0 Å². The van der Waals surface area contributed by atoms with Gasteiger partial charge in [0.1, 0.15) is 5.82 Å². The summed E-state index contributed by atoms with van der Waals surface area (Å²) in [6, 6.07) is 11.0. The lowest BCUT2D eigenvalue weighted by Crippen LogP contribution is -2.38. The maximum atomic E-state index is 4.76. The SMILES string of the molecule is CCCc1cc(NC2CCCNC2)nc(-c2ccc(C)cc2)n1. The molecule has 2 aromatic rings. The van der Waals surface area contributed by atoms with Crippen LogP contribution in [0.1, 0.15) is 37.4 Å². The fourth-order valence-corrected chi connectivity index (χ4v) is 2.97. The molecule has 0 aliphatic carbocycles. The van der Waals surface area contributed by atoms with E-state index < -0.39 is 0 Å². The van der Waals surface area contributed by atoms with Crippen molar-refractivity contribution in [2.24, 2.45) is 0 Å². The highest BCUT2D eigenvalue weighted by molar-refractivity contribution is 5.58. The molecule has 0 spiro atoms. The molecule has 2 N–H and O–H groups in total. The molecule has 0 amide bonds. The Morgan fingerprint density at radius 2 is 2.04 bits per heavy atom. The Morgan fingerprint density at radius 1 is 1.22 bits per heavy atom. The number of rotatable bonds is 5. The van der Waals surface area contributed by atoms with Crippen LogP contribution >= 0.6 is 0 Å². The lowest BCUT2D eigenvalue weighted by atomic mass is 10.1. The highest BCUT2D eigenvalue weighted by Crippen LogP contribution is 2.20. The first-order chi connectivity index (χ1) is 11.2. The highest BCUT2D eigenvalue weighted by atomic mass is 15.1. The number of aryl methyl sites for hydroxylation is 2. The molecule has 1 aromatic heterocycles. The smallest absolute Gasteiger partial charge is 0.161 e. The van der Waals surface area contributed by atoms with Crippen molar-refractivity contribution in [2.45, 2.75) is 45.6 Å². The topological polar surface area (TPSA) is 49.8 Å². The maximum Gasteiger partial charge on any atom is 0.161 e. The largest absolute Gasteiger partial charge is 0.366 e. The van der Waals surface area contributed by atoms with Gasteiger partial charge in [-0.3, -0.25) is 0 Å². The van der Waals surface area contributed by atoms with Gasteiger partial charge in [0, 0.05) is 29.9 Å². The minimum atomic E-state index is 0.457. The van der Waals surface area contributed by atoms with E-state index in [0.29, 0.717) is 6.04 Å². The molecular formula is C19H26N4. The van der Waals surface area contributed by atoms with Gasteiger partial charge in [0.15, 0.2) is 5.82 Å². The van der Waals surface area contributed by atoms with E-state index in [1.165, 1.54) is 18.4 Å². The summed E-state index contributed by atoms with van der Waals surface area (Å²) in [5.74, 6) is 1.77. The number of nitrogens with one attached hydrogen (secondary N) is 2. The number of anilines is 1. The van der Waals surface area contributed by atoms with Crippen LogP contribution in [0, 0.1) is 6.92 Å². The molecule has 4 heteroatoms. The summed E-state index contributed by atoms with van der Waals surface area (Å²) in [5.41, 5.74) is 3.45. The van der Waals surface area contributed by atoms with E-state index in [1.54, 1.807) is 0 Å². The van der Waals surface area contributed by atoms with Crippen molar-refractivity contribution in [1.29, 1.82) is 0 Å². The van der Waals surface area contributed by atoms with E-state index in [-0.39, 0.29) is 0 Å². The van der Waals surface area contributed by atoms with Crippen molar-refractivity contribution in [2.75, 3.05) is 18.4 Å². The average Bonchev–Trinajstić information content (AvgIpc) is 2.56. The summed E-state index contributed by atoms with van der Waals surface area (Å²) in [7, 11) is 0. The first-order valence-electron chi connectivity index (χ1n) is 8.67. The highest BCUT2D eigenvalue weighted by Gasteiger charge is 2.14. The second-order valence-electron chi connectivity index (χ2n) is 6.37. The Kier molecular flexibility index (Phi) is 5.23. The van der Waals surface area contributed by atoms with Gasteiger partial charge in [-0.05, 0) is 32.7 Å². The van der Waals surface area contributed by atoms with Gasteiger partial charge >= 0.3 is 0 Å². The number of piperidine rings is 1. The third kappa shape index (κ3) is 4.29. The molecule has 1 fully saturated rings. The van der Waals surface area contributed by atoms with E-state index in [0.717, 1.165) is 48.8 Å². The van der Waals surface area contributed by atoms with E-state index in [1.807, 2.05) is 0 Å². The second kappa shape index (κ2) is 7.55. The predicted octanol–water partition coefficient (Wildman–Crippen LogP) is 3.57. The van der Waals surface area contributed by atoms with Crippen molar-refractivity contribution >= 4 is 5.82 Å². The summed E-state index contributed by atoms with van der Waals surface area (Å²) >= 11 is 0. The van der Waals surface area contributed by atoms with Crippen LogP contribution in [0.15, 0.2) is 30.3 Å². The Balaban J connectivity index is 1.87. The minimum Gasteiger partial charge on any atom is -0.366 e. The van der Waals surface area contributed by atoms with E-state index >= 15 is 0 Å². The summed E-state index contributed by atoms with van der Waals surface area (Å²) in [4.78, 5) is 9.51. The molecule has 0 saturated carbocycles. The van der Waals surface area contributed by atoms with E-state index in [2.05, 4.69) is 54.8 Å². The molecule has 1 saturated heterocycles. The quantitative estimate of drug-likeness (QED) is 0.886. The molecule has 23 heavy (non-hydrogen) atoms. The average molecular weight is 310 g/mol. The van der Waals surface area contributed by atoms with Crippen molar-refractivity contribution < 1.29 is 0 Å². The molecule has 4 nitrogen and oxygen atoms in total. The normalized spacial score (nSPS) is 17.9. The molecular weight excluding hydrogens is 284 g/mol. The Hall–Kier alpha value is -1.94. The minimum absolute atomic E-state index is 0.457. The molecule has 2 heterocycles. The van der Waals surface area contributed by atoms with Crippen molar-refractivity contribution in [3.63, 3.8) is 0 Å². The van der Waals surface area contributed by atoms with Gasteiger partial charge in [0.25, 0.3) is 0 Å². The van der Waals surface area contributed by atoms with Crippen LogP contribution in [-0.4, -0.2) is 29.1 Å². The van der Waals surface area contributed by atoms with Crippen LogP contribution in [0.4, 0.5) is 5.82 Å². The molecule has 3 rings (SSSR count). The molecule has 0 bridgehead atoms. The zero-order valence-electron chi connectivity index (χ0n) is 14.1. The summed E-state index contributed by atoms with van der Waals surface area (Å²) < 4.78 is 0. The van der Waals surface area contributed by atoms with Gasteiger partial charge in [-0.15, -0.1) is 0 Å². The number of hydrogen-bond acceptors (Lipinski definition) is 4. The Labute approximate surface area is 138 Å². The van der Waals surface area contributed by atoms with Crippen LogP contribution in [-0.2, 0) is 6.42 Å². The first-order valence-corrected chi connectivity index (χ1v) is 8.67. The van der Waals surface area contributed by atoms with Gasteiger partial charge in [-0.2, -0.15) is 0 Å². The molecule has 1 aliphatic heterocycles. The van der Waals surface area contributed by atoms with Crippen LogP contribution in [0.5, 0.6) is 0 Å². The Morgan fingerprint density at radius 3 is 2.74 bits per heavy atom. The molecule has 1 aliphatic rings. The van der Waals surface area contributed by atoms with Gasteiger partial charge < -0.3 is 10.6 Å². The molecule has 122 valence electrons. The zero-order chi connectivity index (χ0) is 16.1. The first kappa shape index (κ1) is 15.9. The predicted molar refractivity (Wildman–Crippen MR) is 95.7 cm³/mol. The third-order valence-corrected chi connectivity index (χ3v) is 4.24. The van der Waals surface area contributed by atoms with Crippen molar-refractivity contribution in [3.05, 3.63) is 41.6 Å². The zero-order valence-corrected chi connectivity index (χ0v) is 14.1. The summed E-state index contributed by atoms with van der Waals surface area (Å²) in [6.45, 7) is 6.41. The van der Waals surface area contributed by atoms with Gasteiger partial charge in [0.2, 0.25) is 0 Å². The second-order valence-corrected chi connectivity index (χ2v) is 6.37. The number of aromatic nitrogens is 2. The van der Waals surface area contributed by atoms with Crippen LogP contribution in [0.3, 0.4) is 0 Å². The number of benzene rings is 1. The third-order valence-electron chi connectivity index (χ3n) is 4.24. The monoisotopic (exact) mass is 310 g/mol. The van der Waals surface area contributed by atoms with Gasteiger partial charge in [-0.1, -0.05) is 43.2 Å². The number of hydrogen-bond donors (Lipinski definition) is 2. The standard InChI is InChI=1S/C19H26N4/c1-3-5-16-12-18(21-17-6-4-11-20-13-17)23-19(22-16)15-9-7-14(2)8-10-15/h7-10,12,17,20H,3-6,11,13H2,1-2H3,(H,21,22,23). The van der Waals surface area contributed by atoms with E-state index in [4.69, 9.17) is 9.97 Å². The van der Waals surface area contributed by atoms with Crippen molar-refractivity contribution in [1.82, 2.24) is 15.3 Å². The fraction of sp³-hybridized carbons (Fsp3) is 0.474.